The molecule has 0 saturated heterocycles. The van der Waals surface area contributed by atoms with Gasteiger partial charge in [0, 0.05) is 25.4 Å². The number of hydrogen-bond acceptors (Lipinski definition) is 4. The lowest BCUT2D eigenvalue weighted by molar-refractivity contribution is -0.141. The van der Waals surface area contributed by atoms with Crippen molar-refractivity contribution in [2.24, 2.45) is 0 Å². The highest BCUT2D eigenvalue weighted by molar-refractivity contribution is 7.30. The lowest BCUT2D eigenvalue weighted by Gasteiger charge is -2.08. The first-order valence-corrected chi connectivity index (χ1v) is 17.2. The highest BCUT2D eigenvalue weighted by Crippen LogP contribution is 2.47. The largest absolute Gasteiger partial charge is 0.435 e. The fourth-order valence-corrected chi connectivity index (χ4v) is 8.55. The number of pyridine rings is 1. The summed E-state index contributed by atoms with van der Waals surface area (Å²) in [5.74, 6) is 0. The smallest absolute Gasteiger partial charge is 0.276 e. The molecule has 0 radical (unpaired) electrons. The first-order valence-electron chi connectivity index (χ1n) is 15.5. The summed E-state index contributed by atoms with van der Waals surface area (Å²) in [6.07, 6.45) is 15.4. The second-order valence-electron chi connectivity index (χ2n) is 11.1. The Kier molecular flexibility index (Phi) is 11.9. The molecule has 0 aliphatic heterocycles. The summed E-state index contributed by atoms with van der Waals surface area (Å²) < 4.78 is 42.4. The maximum absolute atomic E-state index is 13.2. The number of fused-ring (bicyclic) bond motifs is 1. The molecule has 0 aliphatic rings. The van der Waals surface area contributed by atoms with E-state index in [2.05, 4.69) is 36.0 Å². The molecule has 224 valence electrons. The van der Waals surface area contributed by atoms with Gasteiger partial charge in [-0.15, -0.1) is 22.7 Å². The van der Waals surface area contributed by atoms with Crippen LogP contribution in [0.1, 0.15) is 120 Å². The molecule has 4 aromatic heterocycles. The molecule has 41 heavy (non-hydrogen) atoms. The molecule has 0 aromatic carbocycles. The van der Waals surface area contributed by atoms with Crippen LogP contribution in [0.2, 0.25) is 0 Å². The number of alkyl halides is 3. The van der Waals surface area contributed by atoms with Crippen molar-refractivity contribution in [3.8, 4) is 21.8 Å². The predicted molar refractivity (Wildman–Crippen MR) is 169 cm³/mol. The van der Waals surface area contributed by atoms with Crippen LogP contribution in [0, 0.1) is 0 Å². The molecule has 4 aromatic rings. The third kappa shape index (κ3) is 8.22. The van der Waals surface area contributed by atoms with Crippen LogP contribution in [0.3, 0.4) is 0 Å². The van der Waals surface area contributed by atoms with E-state index < -0.39 is 11.9 Å². The number of H-pyrrole nitrogens is 1. The molecule has 0 saturated carbocycles. The Bertz CT molecular complexity index is 1370. The van der Waals surface area contributed by atoms with Gasteiger partial charge in [-0.05, 0) is 73.4 Å². The molecule has 1 N–H and O–H groups in total. The summed E-state index contributed by atoms with van der Waals surface area (Å²) in [6.45, 7) is 6.76. The van der Waals surface area contributed by atoms with Crippen LogP contribution in [0.15, 0.2) is 24.4 Å². The zero-order valence-corrected chi connectivity index (χ0v) is 26.4. The maximum Gasteiger partial charge on any atom is 0.435 e. The fraction of sp³-hybridized carbons (Fsp3) is 0.576. The standard InChI is InChI=1S/C33H44F3N3S2/c1-4-7-10-13-16-24-28(18-15-12-9-6-3)40-32-25(17-14-11-8-5-2)30(41-31(24)32)23-19-20-37-26(21-23)27-22-29(39-38-27)33(34,35)36/h19-22H,4-18H2,1-3H3,(H,38,39). The summed E-state index contributed by atoms with van der Waals surface area (Å²) in [6, 6.07) is 4.97. The summed E-state index contributed by atoms with van der Waals surface area (Å²) >= 11 is 3.90. The van der Waals surface area contributed by atoms with Crippen molar-refractivity contribution < 1.29 is 13.2 Å². The average molecular weight is 604 g/mol. The third-order valence-corrected chi connectivity index (χ3v) is 10.6. The molecule has 3 nitrogen and oxygen atoms in total. The van der Waals surface area contributed by atoms with Gasteiger partial charge >= 0.3 is 6.18 Å². The minimum atomic E-state index is -4.49. The summed E-state index contributed by atoms with van der Waals surface area (Å²) in [5.41, 5.74) is 3.84. The molecule has 0 unspecified atom stereocenters. The van der Waals surface area contributed by atoms with E-state index in [0.717, 1.165) is 30.9 Å². The van der Waals surface area contributed by atoms with E-state index in [9.17, 15) is 13.2 Å². The van der Waals surface area contributed by atoms with Gasteiger partial charge in [0.15, 0.2) is 5.69 Å². The maximum atomic E-state index is 13.2. The fourth-order valence-electron chi connectivity index (χ4n) is 5.47. The Morgan fingerprint density at radius 3 is 1.95 bits per heavy atom. The van der Waals surface area contributed by atoms with Gasteiger partial charge in [0.1, 0.15) is 0 Å². The molecule has 0 bridgehead atoms. The van der Waals surface area contributed by atoms with E-state index in [0.29, 0.717) is 5.69 Å². The molecule has 8 heteroatoms. The number of thiophene rings is 2. The van der Waals surface area contributed by atoms with E-state index in [1.807, 2.05) is 34.8 Å². The molecule has 4 rings (SSSR count). The molecular formula is C33H44F3N3S2. The number of aryl methyl sites for hydroxylation is 3. The highest BCUT2D eigenvalue weighted by atomic mass is 32.1. The predicted octanol–water partition coefficient (Wildman–Crippen LogP) is 11.8. The zero-order valence-electron chi connectivity index (χ0n) is 24.8. The van der Waals surface area contributed by atoms with E-state index in [1.165, 1.54) is 96.9 Å². The van der Waals surface area contributed by atoms with Crippen molar-refractivity contribution in [2.45, 2.75) is 123 Å². The number of rotatable bonds is 17. The number of aromatic amines is 1. The Balaban J connectivity index is 1.73. The topological polar surface area (TPSA) is 41.6 Å². The normalized spacial score (nSPS) is 12.1. The minimum absolute atomic E-state index is 0.285. The van der Waals surface area contributed by atoms with Crippen molar-refractivity contribution in [1.29, 1.82) is 0 Å². The highest BCUT2D eigenvalue weighted by Gasteiger charge is 2.34. The van der Waals surface area contributed by atoms with Crippen molar-refractivity contribution >= 4 is 32.1 Å². The Labute approximate surface area is 251 Å². The first kappa shape index (κ1) is 31.7. The van der Waals surface area contributed by atoms with Crippen molar-refractivity contribution in [3.63, 3.8) is 0 Å². The van der Waals surface area contributed by atoms with Crippen LogP contribution in [0.4, 0.5) is 13.2 Å². The Morgan fingerprint density at radius 1 is 0.732 bits per heavy atom. The van der Waals surface area contributed by atoms with Crippen LogP contribution < -0.4 is 0 Å². The van der Waals surface area contributed by atoms with Gasteiger partial charge in [-0.1, -0.05) is 78.6 Å². The number of halogens is 3. The van der Waals surface area contributed by atoms with Crippen LogP contribution in [-0.4, -0.2) is 15.2 Å². The monoisotopic (exact) mass is 603 g/mol. The SMILES string of the molecule is CCCCCCc1sc2c(CCCCCC)c(-c3ccnc(-c4cc(C(F)(F)F)n[nH]4)c3)sc2c1CCCCCC. The molecule has 0 aliphatic carbocycles. The number of nitrogens with zero attached hydrogens (tertiary/aromatic N) is 2. The van der Waals surface area contributed by atoms with E-state index in [4.69, 9.17) is 0 Å². The number of aromatic nitrogens is 3. The van der Waals surface area contributed by atoms with Gasteiger partial charge < -0.3 is 0 Å². The van der Waals surface area contributed by atoms with Gasteiger partial charge in [0.2, 0.25) is 0 Å². The third-order valence-electron chi connectivity index (χ3n) is 7.78. The van der Waals surface area contributed by atoms with Crippen LogP contribution >= 0.6 is 22.7 Å². The number of unbranched alkanes of at least 4 members (excludes halogenated alkanes) is 9. The van der Waals surface area contributed by atoms with E-state index in [1.54, 1.807) is 16.6 Å². The summed E-state index contributed by atoms with van der Waals surface area (Å²) in [7, 11) is 0. The Morgan fingerprint density at radius 2 is 1.34 bits per heavy atom. The first-order chi connectivity index (χ1) is 19.9. The van der Waals surface area contributed by atoms with Crippen molar-refractivity contribution in [2.75, 3.05) is 0 Å². The molecule has 4 heterocycles. The average Bonchev–Trinajstić information content (AvgIpc) is 3.67. The summed E-state index contributed by atoms with van der Waals surface area (Å²) in [4.78, 5) is 7.22. The lowest BCUT2D eigenvalue weighted by Crippen LogP contribution is -2.04. The second kappa shape index (κ2) is 15.3. The number of hydrogen-bond donors (Lipinski definition) is 1. The van der Waals surface area contributed by atoms with Gasteiger partial charge in [-0.3, -0.25) is 10.1 Å². The van der Waals surface area contributed by atoms with Gasteiger partial charge in [0.25, 0.3) is 0 Å². The van der Waals surface area contributed by atoms with Gasteiger partial charge in [0.05, 0.1) is 11.4 Å². The molecule has 0 spiro atoms. The van der Waals surface area contributed by atoms with Gasteiger partial charge in [-0.25, -0.2) is 0 Å². The minimum Gasteiger partial charge on any atom is -0.276 e. The van der Waals surface area contributed by atoms with E-state index >= 15 is 0 Å². The molecule has 0 fully saturated rings. The molecule has 0 amide bonds. The molecule has 0 atom stereocenters. The van der Waals surface area contributed by atoms with Gasteiger partial charge in [-0.2, -0.15) is 18.3 Å². The van der Waals surface area contributed by atoms with Crippen molar-refractivity contribution in [3.05, 3.63) is 46.1 Å². The van der Waals surface area contributed by atoms with Crippen LogP contribution in [0.5, 0.6) is 0 Å². The summed E-state index contributed by atoms with van der Waals surface area (Å²) in [5, 5.41) is 6.02. The van der Waals surface area contributed by atoms with Crippen LogP contribution in [0.25, 0.3) is 31.2 Å². The Hall–Kier alpha value is -2.19. The second-order valence-corrected chi connectivity index (χ2v) is 13.2. The zero-order chi connectivity index (χ0) is 29.2. The molecular weight excluding hydrogens is 560 g/mol. The quantitative estimate of drug-likeness (QED) is 0.122. The number of nitrogens with one attached hydrogen (secondary N) is 1. The lowest BCUT2D eigenvalue weighted by atomic mass is 10.0. The van der Waals surface area contributed by atoms with Crippen molar-refractivity contribution in [1.82, 2.24) is 15.2 Å². The van der Waals surface area contributed by atoms with Crippen LogP contribution in [-0.2, 0) is 25.4 Å². The van der Waals surface area contributed by atoms with E-state index in [-0.39, 0.29) is 5.69 Å².